The van der Waals surface area contributed by atoms with Crippen molar-refractivity contribution in [3.8, 4) is 0 Å². The predicted molar refractivity (Wildman–Crippen MR) is 60.8 cm³/mol. The molecule has 1 aromatic heterocycles. The van der Waals surface area contributed by atoms with Crippen LogP contribution in [0, 0.1) is 0 Å². The summed E-state index contributed by atoms with van der Waals surface area (Å²) in [6, 6.07) is 0. The lowest BCUT2D eigenvalue weighted by Gasteiger charge is -2.13. The van der Waals surface area contributed by atoms with Crippen LogP contribution in [0.1, 0.15) is 37.4 Å². The number of aliphatic hydroxyl groups excluding tert-OH is 1. The molecule has 1 fully saturated rings. The van der Waals surface area contributed by atoms with E-state index in [2.05, 4.69) is 5.10 Å². The molecule has 1 aliphatic rings. The molecule has 90 valence electrons. The first-order valence-electron chi connectivity index (χ1n) is 5.75. The lowest BCUT2D eigenvalue weighted by molar-refractivity contribution is 0.0814. The van der Waals surface area contributed by atoms with Crippen molar-refractivity contribution in [1.29, 1.82) is 0 Å². The van der Waals surface area contributed by atoms with E-state index in [4.69, 9.17) is 10.5 Å². The second-order valence-electron chi connectivity index (χ2n) is 4.34. The van der Waals surface area contributed by atoms with Gasteiger partial charge < -0.3 is 15.6 Å². The Hall–Kier alpha value is -1.07. The molecular formula is C11H19N3O2. The highest BCUT2D eigenvalue weighted by Gasteiger charge is 2.19. The molecule has 5 nitrogen and oxygen atoms in total. The second-order valence-corrected chi connectivity index (χ2v) is 4.34. The lowest BCUT2D eigenvalue weighted by atomic mass is 10.0. The summed E-state index contributed by atoms with van der Waals surface area (Å²) in [5.41, 5.74) is 6.52. The average molecular weight is 225 g/mol. The van der Waals surface area contributed by atoms with Crippen LogP contribution in [-0.2, 0) is 11.8 Å². The minimum atomic E-state index is -0.530. The Morgan fingerprint density at radius 1 is 1.75 bits per heavy atom. The number of ether oxygens (including phenoxy) is 1. The second kappa shape index (κ2) is 4.84. The topological polar surface area (TPSA) is 73.3 Å². The van der Waals surface area contributed by atoms with E-state index in [0.29, 0.717) is 18.3 Å². The number of aryl methyl sites for hydroxylation is 1. The van der Waals surface area contributed by atoms with Crippen LogP contribution in [0.2, 0.25) is 0 Å². The fraction of sp³-hybridized carbons (Fsp3) is 0.727. The number of nitrogen functional groups attached to an aromatic ring is 1. The van der Waals surface area contributed by atoms with Gasteiger partial charge in [-0.05, 0) is 25.7 Å². The monoisotopic (exact) mass is 225 g/mol. The van der Waals surface area contributed by atoms with Gasteiger partial charge in [0, 0.05) is 19.2 Å². The van der Waals surface area contributed by atoms with Crippen molar-refractivity contribution in [2.75, 3.05) is 12.3 Å². The fourth-order valence-corrected chi connectivity index (χ4v) is 2.09. The maximum atomic E-state index is 9.99. The van der Waals surface area contributed by atoms with Gasteiger partial charge in [-0.15, -0.1) is 0 Å². The molecule has 0 saturated carbocycles. The van der Waals surface area contributed by atoms with Crippen LogP contribution in [0.5, 0.6) is 0 Å². The van der Waals surface area contributed by atoms with E-state index >= 15 is 0 Å². The minimum absolute atomic E-state index is 0.313. The van der Waals surface area contributed by atoms with Crippen molar-refractivity contribution in [2.45, 2.75) is 37.9 Å². The molecule has 0 bridgehead atoms. The smallest absolute Gasteiger partial charge is 0.127 e. The molecule has 1 aliphatic heterocycles. The van der Waals surface area contributed by atoms with Gasteiger partial charge in [-0.3, -0.25) is 4.68 Å². The van der Waals surface area contributed by atoms with Gasteiger partial charge in [0.15, 0.2) is 0 Å². The molecule has 1 saturated heterocycles. The number of hydrogen-bond acceptors (Lipinski definition) is 4. The van der Waals surface area contributed by atoms with E-state index in [9.17, 15) is 5.11 Å². The third kappa shape index (κ3) is 2.36. The van der Waals surface area contributed by atoms with Gasteiger partial charge >= 0.3 is 0 Å². The van der Waals surface area contributed by atoms with Crippen molar-refractivity contribution in [2.24, 2.45) is 7.05 Å². The number of aromatic nitrogens is 2. The summed E-state index contributed by atoms with van der Waals surface area (Å²) in [7, 11) is 1.77. The number of hydrogen-bond donors (Lipinski definition) is 2. The maximum absolute atomic E-state index is 9.99. The quantitative estimate of drug-likeness (QED) is 0.801. The molecule has 0 radical (unpaired) electrons. The van der Waals surface area contributed by atoms with Gasteiger partial charge in [0.2, 0.25) is 0 Å². The number of aliphatic hydroxyl groups is 1. The molecule has 1 aromatic rings. The Labute approximate surface area is 95.2 Å². The lowest BCUT2D eigenvalue weighted by Crippen LogP contribution is -2.09. The van der Waals surface area contributed by atoms with Gasteiger partial charge in [0.1, 0.15) is 5.82 Å². The fourth-order valence-electron chi connectivity index (χ4n) is 2.09. The molecule has 0 aliphatic carbocycles. The van der Waals surface area contributed by atoms with Crippen LogP contribution in [-0.4, -0.2) is 27.6 Å². The van der Waals surface area contributed by atoms with E-state index < -0.39 is 6.10 Å². The molecule has 2 rings (SSSR count). The molecule has 3 N–H and O–H groups in total. The van der Waals surface area contributed by atoms with E-state index in [0.717, 1.165) is 31.4 Å². The Bertz CT molecular complexity index is 345. The molecule has 2 unspecified atom stereocenters. The first-order chi connectivity index (χ1) is 7.68. The third-order valence-electron chi connectivity index (χ3n) is 3.16. The zero-order valence-corrected chi connectivity index (χ0v) is 9.59. The Morgan fingerprint density at radius 3 is 3.12 bits per heavy atom. The largest absolute Gasteiger partial charge is 0.388 e. The van der Waals surface area contributed by atoms with Crippen molar-refractivity contribution in [3.63, 3.8) is 0 Å². The standard InChI is InChI=1S/C11H19N3O2/c1-14-11(12)9(7-13-14)10(15)5-4-8-3-2-6-16-8/h7-8,10,15H,2-6,12H2,1H3. The predicted octanol–water partition coefficient (Wildman–Crippen LogP) is 0.995. The summed E-state index contributed by atoms with van der Waals surface area (Å²) in [5.74, 6) is 0.542. The Balaban J connectivity index is 1.87. The van der Waals surface area contributed by atoms with Gasteiger partial charge in [-0.2, -0.15) is 5.10 Å². The van der Waals surface area contributed by atoms with Crippen LogP contribution >= 0.6 is 0 Å². The Kier molecular flexibility index (Phi) is 3.46. The van der Waals surface area contributed by atoms with Gasteiger partial charge in [0.05, 0.1) is 18.4 Å². The number of nitrogens with zero attached hydrogens (tertiary/aromatic N) is 2. The minimum Gasteiger partial charge on any atom is -0.388 e. The highest BCUT2D eigenvalue weighted by Crippen LogP contribution is 2.26. The van der Waals surface area contributed by atoms with Gasteiger partial charge in [-0.1, -0.05) is 0 Å². The first-order valence-corrected chi connectivity index (χ1v) is 5.75. The average Bonchev–Trinajstić information content (AvgIpc) is 2.88. The molecule has 0 amide bonds. The molecule has 0 aromatic carbocycles. The molecule has 5 heteroatoms. The third-order valence-corrected chi connectivity index (χ3v) is 3.16. The summed E-state index contributed by atoms with van der Waals surface area (Å²) in [4.78, 5) is 0. The molecular weight excluding hydrogens is 206 g/mol. The van der Waals surface area contributed by atoms with Gasteiger partial charge in [0.25, 0.3) is 0 Å². The van der Waals surface area contributed by atoms with Crippen LogP contribution in [0.25, 0.3) is 0 Å². The number of rotatable bonds is 4. The molecule has 2 atom stereocenters. The van der Waals surface area contributed by atoms with Crippen LogP contribution in [0.15, 0.2) is 6.20 Å². The normalized spacial score (nSPS) is 22.5. The first kappa shape index (κ1) is 11.4. The molecule has 2 heterocycles. The zero-order chi connectivity index (χ0) is 11.5. The highest BCUT2D eigenvalue weighted by molar-refractivity contribution is 5.39. The SMILES string of the molecule is Cn1ncc(C(O)CCC2CCCO2)c1N. The highest BCUT2D eigenvalue weighted by atomic mass is 16.5. The van der Waals surface area contributed by atoms with Crippen molar-refractivity contribution in [1.82, 2.24) is 9.78 Å². The summed E-state index contributed by atoms with van der Waals surface area (Å²) < 4.78 is 7.09. The zero-order valence-electron chi connectivity index (χ0n) is 9.59. The van der Waals surface area contributed by atoms with E-state index in [1.807, 2.05) is 0 Å². The summed E-state index contributed by atoms with van der Waals surface area (Å²) in [5, 5.41) is 14.0. The van der Waals surface area contributed by atoms with E-state index in [1.165, 1.54) is 0 Å². The van der Waals surface area contributed by atoms with Crippen LogP contribution in [0.3, 0.4) is 0 Å². The van der Waals surface area contributed by atoms with Crippen molar-refractivity contribution < 1.29 is 9.84 Å². The summed E-state index contributed by atoms with van der Waals surface area (Å²) >= 11 is 0. The number of nitrogens with two attached hydrogens (primary N) is 1. The number of anilines is 1. The van der Waals surface area contributed by atoms with E-state index in [1.54, 1.807) is 17.9 Å². The van der Waals surface area contributed by atoms with Crippen molar-refractivity contribution >= 4 is 5.82 Å². The Morgan fingerprint density at radius 2 is 2.56 bits per heavy atom. The molecule has 16 heavy (non-hydrogen) atoms. The van der Waals surface area contributed by atoms with Crippen LogP contribution < -0.4 is 5.73 Å². The van der Waals surface area contributed by atoms with E-state index in [-0.39, 0.29) is 0 Å². The van der Waals surface area contributed by atoms with Crippen molar-refractivity contribution in [3.05, 3.63) is 11.8 Å². The van der Waals surface area contributed by atoms with Gasteiger partial charge in [-0.25, -0.2) is 0 Å². The maximum Gasteiger partial charge on any atom is 0.127 e. The molecule has 0 spiro atoms. The van der Waals surface area contributed by atoms with Crippen LogP contribution in [0.4, 0.5) is 5.82 Å². The summed E-state index contributed by atoms with van der Waals surface area (Å²) in [6.45, 7) is 0.857. The summed E-state index contributed by atoms with van der Waals surface area (Å²) in [6.07, 6.45) is 5.22.